The van der Waals surface area contributed by atoms with Crippen LogP contribution in [0.5, 0.6) is 5.75 Å². The van der Waals surface area contributed by atoms with Gasteiger partial charge in [-0.25, -0.2) is 0 Å². The summed E-state index contributed by atoms with van der Waals surface area (Å²) in [6, 6.07) is 15.9. The van der Waals surface area contributed by atoms with Crippen LogP contribution in [0, 0.1) is 12.8 Å². The Morgan fingerprint density at radius 1 is 1.11 bits per heavy atom. The molecule has 4 rings (SSSR count). The largest absolute Gasteiger partial charge is 0.516 e. The van der Waals surface area contributed by atoms with Crippen LogP contribution >= 0.6 is 0 Å². The number of halogens is 3. The average Bonchev–Trinajstić information content (AvgIpc) is 2.81. The number of nitrogens with one attached hydrogen (secondary N) is 2. The van der Waals surface area contributed by atoms with Gasteiger partial charge in [0.15, 0.2) is 0 Å². The van der Waals surface area contributed by atoms with Crippen LogP contribution < -0.4 is 14.8 Å². The number of alkyl halides is 3. The molecule has 0 spiro atoms. The van der Waals surface area contributed by atoms with Gasteiger partial charge in [0.25, 0.3) is 0 Å². The highest BCUT2D eigenvalue weighted by Gasteiger charge is 2.46. The minimum absolute atomic E-state index is 0.00258. The van der Waals surface area contributed by atoms with E-state index in [1.165, 1.54) is 12.1 Å². The molecule has 6 nitrogen and oxygen atoms in total. The number of benzene rings is 2. The lowest BCUT2D eigenvalue weighted by Gasteiger charge is -2.31. The summed E-state index contributed by atoms with van der Waals surface area (Å²) in [5, 5.41) is 4.25. The van der Waals surface area contributed by atoms with Gasteiger partial charge in [0.05, 0.1) is 12.1 Å². The lowest BCUT2D eigenvalue weighted by Crippen LogP contribution is -2.31. The molecule has 2 N–H and O–H groups in total. The van der Waals surface area contributed by atoms with Crippen molar-refractivity contribution >= 4 is 26.6 Å². The predicted octanol–water partition coefficient (Wildman–Crippen LogP) is 5.36. The zero-order valence-corrected chi connectivity index (χ0v) is 20.1. The number of aromatic nitrogens is 1. The number of hydrogen-bond acceptors (Lipinski definition) is 5. The van der Waals surface area contributed by atoms with Crippen LogP contribution in [0.15, 0.2) is 54.6 Å². The third kappa shape index (κ3) is 6.05. The van der Waals surface area contributed by atoms with Gasteiger partial charge in [-0.2, -0.15) is 21.6 Å². The third-order valence-electron chi connectivity index (χ3n) is 6.34. The molecule has 0 saturated carbocycles. The molecule has 10 heteroatoms. The molecule has 1 aliphatic rings. The molecule has 0 radical (unpaired) electrons. The van der Waals surface area contributed by atoms with Crippen LogP contribution in [0.1, 0.15) is 36.4 Å². The minimum Gasteiger partial charge on any atom is -0.493 e. The van der Waals surface area contributed by atoms with E-state index in [0.717, 1.165) is 53.8 Å². The first-order valence-corrected chi connectivity index (χ1v) is 13.0. The van der Waals surface area contributed by atoms with E-state index in [0.29, 0.717) is 18.9 Å². The van der Waals surface area contributed by atoms with E-state index in [4.69, 9.17) is 4.74 Å². The van der Waals surface area contributed by atoms with Gasteiger partial charge >= 0.3 is 15.5 Å². The zero-order chi connectivity index (χ0) is 25.1. The lowest BCUT2D eigenvalue weighted by atomic mass is 9.78. The van der Waals surface area contributed by atoms with Crippen molar-refractivity contribution in [3.8, 4) is 5.75 Å². The molecule has 1 fully saturated rings. The van der Waals surface area contributed by atoms with Crippen LogP contribution in [0.25, 0.3) is 10.9 Å². The molecular weight excluding hydrogens is 479 g/mol. The van der Waals surface area contributed by atoms with Gasteiger partial charge in [0.2, 0.25) is 0 Å². The molecule has 0 amide bonds. The van der Waals surface area contributed by atoms with Crippen molar-refractivity contribution in [1.82, 2.24) is 10.3 Å². The summed E-state index contributed by atoms with van der Waals surface area (Å²) in [7, 11) is -5.49. The SMILES string of the molecule is Cc1ccc2c(OCCC(c3cccc(NS(=O)(=O)C(F)(F)F)c3)C3CCNCC3)cccc2n1. The van der Waals surface area contributed by atoms with Gasteiger partial charge in [-0.05, 0) is 93.1 Å². The first kappa shape index (κ1) is 25.2. The maximum Gasteiger partial charge on any atom is 0.516 e. The van der Waals surface area contributed by atoms with Gasteiger partial charge in [0, 0.05) is 16.8 Å². The van der Waals surface area contributed by atoms with Gasteiger partial charge in [-0.15, -0.1) is 0 Å². The van der Waals surface area contributed by atoms with Crippen LogP contribution in [0.2, 0.25) is 0 Å². The van der Waals surface area contributed by atoms with Crippen molar-refractivity contribution in [2.75, 3.05) is 24.4 Å². The van der Waals surface area contributed by atoms with E-state index < -0.39 is 15.5 Å². The van der Waals surface area contributed by atoms with Crippen molar-refractivity contribution in [1.29, 1.82) is 0 Å². The Bertz CT molecular complexity index is 1280. The highest BCUT2D eigenvalue weighted by atomic mass is 32.2. The van der Waals surface area contributed by atoms with Crippen molar-refractivity contribution in [2.24, 2.45) is 5.92 Å². The highest BCUT2D eigenvalue weighted by Crippen LogP contribution is 2.36. The van der Waals surface area contributed by atoms with E-state index >= 15 is 0 Å². The third-order valence-corrected chi connectivity index (χ3v) is 7.46. The van der Waals surface area contributed by atoms with Gasteiger partial charge < -0.3 is 10.1 Å². The number of nitrogens with zero attached hydrogens (tertiary/aromatic N) is 1. The first-order chi connectivity index (χ1) is 16.6. The molecule has 1 atom stereocenters. The van der Waals surface area contributed by atoms with Crippen LogP contribution in [0.3, 0.4) is 0 Å². The molecule has 0 bridgehead atoms. The number of anilines is 1. The smallest absolute Gasteiger partial charge is 0.493 e. The summed E-state index contributed by atoms with van der Waals surface area (Å²) in [4.78, 5) is 4.53. The first-order valence-electron chi connectivity index (χ1n) is 11.5. The maximum atomic E-state index is 12.9. The summed E-state index contributed by atoms with van der Waals surface area (Å²) < 4.78 is 69.5. The summed E-state index contributed by atoms with van der Waals surface area (Å²) in [5.41, 5.74) is -2.92. The number of rotatable bonds is 8. The molecule has 35 heavy (non-hydrogen) atoms. The Balaban J connectivity index is 1.54. The quantitative estimate of drug-likeness (QED) is 0.429. The Kier molecular flexibility index (Phi) is 7.51. The Morgan fingerprint density at radius 2 is 1.86 bits per heavy atom. The fourth-order valence-corrected chi connectivity index (χ4v) is 5.17. The second-order valence-corrected chi connectivity index (χ2v) is 10.5. The van der Waals surface area contributed by atoms with Crippen LogP contribution in [0.4, 0.5) is 18.9 Å². The monoisotopic (exact) mass is 507 g/mol. The molecule has 2 aromatic carbocycles. The number of hydrogen-bond donors (Lipinski definition) is 2. The molecule has 2 heterocycles. The fraction of sp³-hybridized carbons (Fsp3) is 0.400. The van der Waals surface area contributed by atoms with Gasteiger partial charge in [-0.3, -0.25) is 9.71 Å². The summed E-state index contributed by atoms with van der Waals surface area (Å²) in [6.45, 7) is 4.05. The molecule has 1 aromatic heterocycles. The number of pyridine rings is 1. The Hall–Kier alpha value is -2.85. The number of fused-ring (bicyclic) bond motifs is 1. The minimum atomic E-state index is -5.49. The summed E-state index contributed by atoms with van der Waals surface area (Å²) in [5.74, 6) is 1.03. The Labute approximate surface area is 203 Å². The normalized spacial score (nSPS) is 16.2. The fourth-order valence-electron chi connectivity index (χ4n) is 4.62. The number of ether oxygens (including phenoxy) is 1. The van der Waals surface area contributed by atoms with E-state index in [1.807, 2.05) is 43.3 Å². The summed E-state index contributed by atoms with van der Waals surface area (Å²) in [6.07, 6.45) is 2.47. The lowest BCUT2D eigenvalue weighted by molar-refractivity contribution is -0.0429. The molecular formula is C25H28F3N3O3S. The molecule has 1 unspecified atom stereocenters. The van der Waals surface area contributed by atoms with Crippen molar-refractivity contribution in [3.63, 3.8) is 0 Å². The molecule has 3 aromatic rings. The highest BCUT2D eigenvalue weighted by molar-refractivity contribution is 7.93. The number of aryl methyl sites for hydroxylation is 1. The second-order valence-electron chi connectivity index (χ2n) is 8.78. The van der Waals surface area contributed by atoms with E-state index in [2.05, 4.69) is 10.3 Å². The molecule has 1 aliphatic heterocycles. The number of sulfonamides is 1. The maximum absolute atomic E-state index is 12.9. The Morgan fingerprint density at radius 3 is 2.60 bits per heavy atom. The second kappa shape index (κ2) is 10.4. The standard InChI is InChI=1S/C25H28F3N3O3S/c1-17-8-9-22-23(30-17)6-3-7-24(22)34-15-12-21(18-10-13-29-14-11-18)19-4-2-5-20(16-19)31-35(32,33)25(26,27)28/h2-9,16,18,21,29,31H,10-15H2,1H3. The van der Waals surface area contributed by atoms with E-state index in [9.17, 15) is 21.6 Å². The van der Waals surface area contributed by atoms with E-state index in [1.54, 1.807) is 10.8 Å². The van der Waals surface area contributed by atoms with Crippen LogP contribution in [-0.2, 0) is 10.0 Å². The van der Waals surface area contributed by atoms with Crippen molar-refractivity contribution < 1.29 is 26.3 Å². The van der Waals surface area contributed by atoms with Crippen LogP contribution in [-0.4, -0.2) is 38.6 Å². The van der Waals surface area contributed by atoms with Crippen molar-refractivity contribution in [3.05, 3.63) is 65.9 Å². The molecule has 188 valence electrons. The zero-order valence-electron chi connectivity index (χ0n) is 19.3. The van der Waals surface area contributed by atoms with Gasteiger partial charge in [0.1, 0.15) is 5.75 Å². The number of piperidine rings is 1. The predicted molar refractivity (Wildman–Crippen MR) is 130 cm³/mol. The summed E-state index contributed by atoms with van der Waals surface area (Å²) >= 11 is 0. The molecule has 0 aliphatic carbocycles. The van der Waals surface area contributed by atoms with Crippen molar-refractivity contribution in [2.45, 2.75) is 37.6 Å². The average molecular weight is 508 g/mol. The van der Waals surface area contributed by atoms with E-state index in [-0.39, 0.29) is 11.6 Å². The molecule has 1 saturated heterocycles. The topological polar surface area (TPSA) is 80.3 Å². The van der Waals surface area contributed by atoms with Gasteiger partial charge in [-0.1, -0.05) is 18.2 Å².